The van der Waals surface area contributed by atoms with Gasteiger partial charge in [-0.25, -0.2) is 0 Å². The van der Waals surface area contributed by atoms with Gasteiger partial charge in [-0.3, -0.25) is 4.98 Å². The largest absolute Gasteiger partial charge is 0.484 e. The topological polar surface area (TPSA) is 52.6 Å². The van der Waals surface area contributed by atoms with Crippen molar-refractivity contribution in [3.8, 4) is 18.1 Å². The van der Waals surface area contributed by atoms with Gasteiger partial charge in [0, 0.05) is 31.4 Å². The zero-order valence-electron chi connectivity index (χ0n) is 15.8. The molecule has 1 N–H and O–H groups in total. The third-order valence-corrected chi connectivity index (χ3v) is 5.43. The number of ether oxygens (including phenoxy) is 3. The van der Waals surface area contributed by atoms with Crippen LogP contribution in [0.15, 0.2) is 30.5 Å². The van der Waals surface area contributed by atoms with Crippen LogP contribution in [-0.4, -0.2) is 42.1 Å². The SMILES string of the molecule is C#Cc1cnc2ccc(OC(C)C(=S)NC3(C(OC)OC)CCC3)cc2c1. The molecular weight excluding hydrogens is 360 g/mol. The van der Waals surface area contributed by atoms with Crippen LogP contribution in [-0.2, 0) is 9.47 Å². The first kappa shape index (κ1) is 19.6. The van der Waals surface area contributed by atoms with Gasteiger partial charge in [-0.2, -0.15) is 0 Å². The molecule has 1 fully saturated rings. The molecular formula is C21H24N2O3S. The molecule has 1 aromatic carbocycles. The molecule has 5 nitrogen and oxygen atoms in total. The number of pyridine rings is 1. The van der Waals surface area contributed by atoms with Crippen molar-refractivity contribution in [2.45, 2.75) is 44.1 Å². The van der Waals surface area contributed by atoms with E-state index in [0.29, 0.717) is 10.7 Å². The molecule has 1 unspecified atom stereocenters. The van der Waals surface area contributed by atoms with E-state index in [9.17, 15) is 0 Å². The summed E-state index contributed by atoms with van der Waals surface area (Å²) in [5, 5.41) is 4.36. The maximum atomic E-state index is 6.05. The second kappa shape index (κ2) is 8.22. The average molecular weight is 385 g/mol. The van der Waals surface area contributed by atoms with Gasteiger partial charge in [0.05, 0.1) is 11.1 Å². The number of fused-ring (bicyclic) bond motifs is 1. The molecule has 27 heavy (non-hydrogen) atoms. The van der Waals surface area contributed by atoms with Crippen LogP contribution < -0.4 is 10.1 Å². The number of thiocarbonyl (C=S) groups is 1. The Morgan fingerprint density at radius 1 is 1.30 bits per heavy atom. The summed E-state index contributed by atoms with van der Waals surface area (Å²) >= 11 is 5.59. The molecule has 0 radical (unpaired) electrons. The Bertz CT molecular complexity index is 869. The van der Waals surface area contributed by atoms with Gasteiger partial charge < -0.3 is 19.5 Å². The number of nitrogens with zero attached hydrogens (tertiary/aromatic N) is 1. The fourth-order valence-corrected chi connectivity index (χ4v) is 3.64. The number of hydrogen-bond donors (Lipinski definition) is 1. The van der Waals surface area contributed by atoms with Crippen molar-refractivity contribution in [1.82, 2.24) is 10.3 Å². The molecule has 1 atom stereocenters. The maximum absolute atomic E-state index is 6.05. The van der Waals surface area contributed by atoms with Crippen LogP contribution in [0, 0.1) is 12.3 Å². The Morgan fingerprint density at radius 2 is 2.04 bits per heavy atom. The van der Waals surface area contributed by atoms with Crippen molar-refractivity contribution in [3.05, 3.63) is 36.0 Å². The fraction of sp³-hybridized carbons (Fsp3) is 0.429. The lowest BCUT2D eigenvalue weighted by molar-refractivity contribution is -0.171. The number of benzene rings is 1. The van der Waals surface area contributed by atoms with Crippen molar-refractivity contribution in [2.24, 2.45) is 0 Å². The Labute approximate surface area is 165 Å². The van der Waals surface area contributed by atoms with Gasteiger partial charge in [0.15, 0.2) is 6.29 Å². The first-order valence-electron chi connectivity index (χ1n) is 8.92. The number of rotatable bonds is 7. The Morgan fingerprint density at radius 3 is 2.63 bits per heavy atom. The Kier molecular flexibility index (Phi) is 5.95. The van der Waals surface area contributed by atoms with E-state index < -0.39 is 0 Å². The normalized spacial score (nSPS) is 16.4. The van der Waals surface area contributed by atoms with E-state index in [0.717, 1.165) is 35.7 Å². The van der Waals surface area contributed by atoms with E-state index in [1.807, 2.05) is 31.2 Å². The van der Waals surface area contributed by atoms with Crippen molar-refractivity contribution < 1.29 is 14.2 Å². The van der Waals surface area contributed by atoms with Crippen LogP contribution in [0.5, 0.6) is 5.75 Å². The lowest BCUT2D eigenvalue weighted by Crippen LogP contribution is -2.63. The van der Waals surface area contributed by atoms with Gasteiger partial charge in [-0.15, -0.1) is 6.42 Å². The van der Waals surface area contributed by atoms with E-state index in [1.54, 1.807) is 20.4 Å². The molecule has 0 amide bonds. The highest BCUT2D eigenvalue weighted by Crippen LogP contribution is 2.37. The van der Waals surface area contributed by atoms with E-state index in [2.05, 4.69) is 16.2 Å². The quantitative estimate of drug-likeness (QED) is 0.448. The number of aromatic nitrogens is 1. The summed E-state index contributed by atoms with van der Waals surface area (Å²) in [6, 6.07) is 7.64. The highest BCUT2D eigenvalue weighted by molar-refractivity contribution is 7.80. The molecule has 6 heteroatoms. The van der Waals surface area contributed by atoms with E-state index in [-0.39, 0.29) is 17.9 Å². The summed E-state index contributed by atoms with van der Waals surface area (Å²) in [6.07, 6.45) is 9.51. The van der Waals surface area contributed by atoms with Crippen LogP contribution in [0.1, 0.15) is 31.7 Å². The molecule has 1 aliphatic carbocycles. The third-order valence-electron chi connectivity index (χ3n) is 5.00. The molecule has 0 spiro atoms. The van der Waals surface area contributed by atoms with Gasteiger partial charge in [-0.1, -0.05) is 18.1 Å². The maximum Gasteiger partial charge on any atom is 0.179 e. The molecule has 0 bridgehead atoms. The second-order valence-electron chi connectivity index (χ2n) is 6.79. The van der Waals surface area contributed by atoms with Crippen molar-refractivity contribution in [2.75, 3.05) is 14.2 Å². The summed E-state index contributed by atoms with van der Waals surface area (Å²) in [6.45, 7) is 1.93. The van der Waals surface area contributed by atoms with Gasteiger partial charge >= 0.3 is 0 Å². The monoisotopic (exact) mass is 384 g/mol. The average Bonchev–Trinajstić information content (AvgIpc) is 2.65. The minimum Gasteiger partial charge on any atom is -0.484 e. The van der Waals surface area contributed by atoms with Gasteiger partial charge in [0.2, 0.25) is 0 Å². The summed E-state index contributed by atoms with van der Waals surface area (Å²) in [4.78, 5) is 4.98. The smallest absolute Gasteiger partial charge is 0.179 e. The lowest BCUT2D eigenvalue weighted by atomic mass is 9.76. The van der Waals surface area contributed by atoms with E-state index >= 15 is 0 Å². The van der Waals surface area contributed by atoms with Crippen molar-refractivity contribution in [1.29, 1.82) is 0 Å². The molecule has 1 aliphatic rings. The number of terminal acetylenes is 1. The van der Waals surface area contributed by atoms with Crippen LogP contribution in [0.4, 0.5) is 0 Å². The molecule has 142 valence electrons. The molecule has 0 aliphatic heterocycles. The highest BCUT2D eigenvalue weighted by atomic mass is 32.1. The van der Waals surface area contributed by atoms with Gasteiger partial charge in [0.1, 0.15) is 16.8 Å². The second-order valence-corrected chi connectivity index (χ2v) is 7.23. The van der Waals surface area contributed by atoms with Gasteiger partial charge in [0.25, 0.3) is 0 Å². The minimum absolute atomic E-state index is 0.285. The summed E-state index contributed by atoms with van der Waals surface area (Å²) < 4.78 is 17.0. The van der Waals surface area contributed by atoms with E-state index in [1.165, 1.54) is 0 Å². The summed E-state index contributed by atoms with van der Waals surface area (Å²) in [7, 11) is 3.29. The molecule has 0 saturated heterocycles. The minimum atomic E-state index is -0.342. The van der Waals surface area contributed by atoms with Gasteiger partial charge in [-0.05, 0) is 50.5 Å². The standard InChI is InChI=1S/C21H24N2O3S/c1-5-15-11-16-12-17(7-8-18(16)22-13-15)26-14(2)19(27)23-21(9-6-10-21)20(24-3)25-4/h1,7-8,11-14,20H,6,9-10H2,2-4H3,(H,23,27). The van der Waals surface area contributed by atoms with Crippen LogP contribution in [0.25, 0.3) is 10.9 Å². The zero-order chi connectivity index (χ0) is 19.4. The fourth-order valence-electron chi connectivity index (χ4n) is 3.39. The summed E-state index contributed by atoms with van der Waals surface area (Å²) in [5.41, 5.74) is 1.32. The van der Waals surface area contributed by atoms with Crippen LogP contribution in [0.3, 0.4) is 0 Å². The first-order chi connectivity index (χ1) is 13.0. The molecule has 1 saturated carbocycles. The third kappa shape index (κ3) is 4.06. The van der Waals surface area contributed by atoms with Crippen molar-refractivity contribution >= 4 is 28.1 Å². The number of nitrogens with one attached hydrogen (secondary N) is 1. The van der Waals surface area contributed by atoms with E-state index in [4.69, 9.17) is 32.9 Å². The zero-order valence-corrected chi connectivity index (χ0v) is 16.6. The first-order valence-corrected chi connectivity index (χ1v) is 9.33. The van der Waals surface area contributed by atoms with Crippen molar-refractivity contribution in [3.63, 3.8) is 0 Å². The molecule has 1 heterocycles. The van der Waals surface area contributed by atoms with Crippen LogP contribution >= 0.6 is 12.2 Å². The predicted molar refractivity (Wildman–Crippen MR) is 110 cm³/mol. The molecule has 1 aromatic heterocycles. The lowest BCUT2D eigenvalue weighted by Gasteiger charge is -2.47. The number of hydrogen-bond acceptors (Lipinski definition) is 5. The summed E-state index contributed by atoms with van der Waals surface area (Å²) in [5.74, 6) is 3.32. The molecule has 2 aromatic rings. The van der Waals surface area contributed by atoms with Crippen LogP contribution in [0.2, 0.25) is 0 Å². The highest BCUT2D eigenvalue weighted by Gasteiger charge is 2.46. The number of methoxy groups -OCH3 is 2. The Balaban J connectivity index is 1.71. The molecule has 3 rings (SSSR count). The Hall–Kier alpha value is -2.20. The predicted octanol–water partition coefficient (Wildman–Crippen LogP) is 3.44.